The molecular formula is C54H71ClF3N6O8PS3. The largest absolute Gasteiger partial charge is 0.501 e. The van der Waals surface area contributed by atoms with Crippen molar-refractivity contribution in [1.82, 2.24) is 19.4 Å². The Hall–Kier alpha value is -3.95. The van der Waals surface area contributed by atoms with E-state index in [-0.39, 0.29) is 23.9 Å². The number of thioether (sulfide) groups is 1. The molecule has 2 aliphatic heterocycles. The lowest BCUT2D eigenvalue weighted by atomic mass is 9.73. The summed E-state index contributed by atoms with van der Waals surface area (Å²) in [5, 5.41) is 3.73. The molecule has 14 nitrogen and oxygen atoms in total. The number of sulfone groups is 1. The van der Waals surface area contributed by atoms with Crippen LogP contribution in [0, 0.1) is 5.41 Å². The molecule has 76 heavy (non-hydrogen) atoms. The quantitative estimate of drug-likeness (QED) is 0.0600. The van der Waals surface area contributed by atoms with Crippen LogP contribution in [0.2, 0.25) is 5.02 Å². The van der Waals surface area contributed by atoms with Gasteiger partial charge in [0.25, 0.3) is 25.8 Å². The van der Waals surface area contributed by atoms with Crippen molar-refractivity contribution in [2.24, 2.45) is 5.41 Å². The highest BCUT2D eigenvalue weighted by Gasteiger charge is 2.48. The van der Waals surface area contributed by atoms with E-state index in [0.29, 0.717) is 56.0 Å². The van der Waals surface area contributed by atoms with Crippen molar-refractivity contribution in [3.63, 3.8) is 0 Å². The molecule has 0 aromatic heterocycles. The van der Waals surface area contributed by atoms with Crippen LogP contribution in [0.1, 0.15) is 83.1 Å². The number of piperazine rings is 2. The average Bonchev–Trinajstić information content (AvgIpc) is 3.35. The molecular weight excluding hydrogens is 1080 g/mol. The van der Waals surface area contributed by atoms with Crippen molar-refractivity contribution in [2.75, 3.05) is 94.3 Å². The van der Waals surface area contributed by atoms with Crippen LogP contribution in [0.25, 0.3) is 5.57 Å². The summed E-state index contributed by atoms with van der Waals surface area (Å²) in [5.74, 6) is -0.731. The monoisotopic (exact) mass is 1150 g/mol. The van der Waals surface area contributed by atoms with Crippen LogP contribution in [0.15, 0.2) is 117 Å². The fraction of sp³-hybridized carbons (Fsp3) is 0.500. The van der Waals surface area contributed by atoms with E-state index in [2.05, 4.69) is 46.0 Å². The summed E-state index contributed by atoms with van der Waals surface area (Å²) in [6, 6.07) is 25.6. The van der Waals surface area contributed by atoms with Gasteiger partial charge in [0.1, 0.15) is 11.2 Å². The molecule has 4 aromatic carbocycles. The minimum Gasteiger partial charge on any atom is -0.380 e. The predicted molar refractivity (Wildman–Crippen MR) is 298 cm³/mol. The van der Waals surface area contributed by atoms with Gasteiger partial charge in [-0.25, -0.2) is 21.6 Å². The normalized spacial score (nSPS) is 18.8. The highest BCUT2D eigenvalue weighted by atomic mass is 35.5. The number of carbonyl (C=O) groups excluding carboxylic acids is 1. The molecule has 2 atom stereocenters. The summed E-state index contributed by atoms with van der Waals surface area (Å²) in [5.41, 5.74) is -1.85. The zero-order valence-electron chi connectivity index (χ0n) is 44.1. The number of benzene rings is 4. The lowest BCUT2D eigenvalue weighted by Crippen LogP contribution is -2.47. The van der Waals surface area contributed by atoms with Gasteiger partial charge in [0.15, 0.2) is 0 Å². The van der Waals surface area contributed by atoms with Gasteiger partial charge in [0.2, 0.25) is 0 Å². The van der Waals surface area contributed by atoms with Crippen molar-refractivity contribution < 1.29 is 48.4 Å². The summed E-state index contributed by atoms with van der Waals surface area (Å²) in [7, 11) is -14.4. The summed E-state index contributed by atoms with van der Waals surface area (Å²) < 4.78 is 124. The van der Waals surface area contributed by atoms with Gasteiger partial charge < -0.3 is 24.2 Å². The molecule has 22 heteroatoms. The Morgan fingerprint density at radius 2 is 1.47 bits per heavy atom. The first kappa shape index (κ1) is 59.7. The second-order valence-corrected chi connectivity index (χ2v) is 28.4. The Morgan fingerprint density at radius 3 is 2.09 bits per heavy atom. The number of carbonyl (C=O) groups is 1. The average molecular weight is 1150 g/mol. The Bertz CT molecular complexity index is 2930. The third kappa shape index (κ3) is 16.3. The molecule has 2 heterocycles. The van der Waals surface area contributed by atoms with Crippen LogP contribution < -0.4 is 14.9 Å². The third-order valence-electron chi connectivity index (χ3n) is 13.7. The summed E-state index contributed by atoms with van der Waals surface area (Å²) in [6.45, 7) is 18.7. The lowest BCUT2D eigenvalue weighted by Gasteiger charge is -2.39. The number of nitrogens with zero attached hydrogens (tertiary/aromatic N) is 4. The molecule has 1 amide bonds. The standard InChI is InChI=1S/C54H71ClF3N6O8PS3/c1-7-71-73(66,72-52(2,3)4)39-63-29-27-61(28-30-63)26-24-44(38-74-46-11-9-8-10-12-46)59-49-22-21-47(35-50(49)75(67,68)54(56,57)58)76(69,70)60-51(65)41-15-19-45(20-16-41)64-33-31-62(32-34-64)37-42-36-53(5,6)25-23-48(42)40-13-17-43(55)18-14-40/h8-22,35,44,59H,7,23-34,36-39H2,1-6H3,(H,60,65)/t44-,73?/m1/s1. The van der Waals surface area contributed by atoms with E-state index in [1.807, 2.05) is 72.9 Å². The van der Waals surface area contributed by atoms with Crippen LogP contribution in [0.5, 0.6) is 0 Å². The van der Waals surface area contributed by atoms with Crippen LogP contribution in [0.3, 0.4) is 0 Å². The van der Waals surface area contributed by atoms with E-state index in [0.717, 1.165) is 74.7 Å². The van der Waals surface area contributed by atoms with Gasteiger partial charge >= 0.3 is 13.1 Å². The molecule has 2 fully saturated rings. The zero-order valence-corrected chi connectivity index (χ0v) is 48.2. The second kappa shape index (κ2) is 25.0. The number of anilines is 2. The Kier molecular flexibility index (Phi) is 19.7. The molecule has 1 aliphatic carbocycles. The Balaban J connectivity index is 1.01. The Labute approximate surface area is 456 Å². The van der Waals surface area contributed by atoms with Gasteiger partial charge in [-0.05, 0) is 137 Å². The Morgan fingerprint density at radius 1 is 0.842 bits per heavy atom. The van der Waals surface area contributed by atoms with Gasteiger partial charge in [0, 0.05) is 98.4 Å². The van der Waals surface area contributed by atoms with E-state index in [1.165, 1.54) is 40.6 Å². The predicted octanol–water partition coefficient (Wildman–Crippen LogP) is 11.1. The van der Waals surface area contributed by atoms with E-state index >= 15 is 0 Å². The number of sulfonamides is 1. The smallest absolute Gasteiger partial charge is 0.380 e. The topological polar surface area (TPSA) is 158 Å². The van der Waals surface area contributed by atoms with E-state index < -0.39 is 66.0 Å². The van der Waals surface area contributed by atoms with Gasteiger partial charge in [-0.1, -0.05) is 61.4 Å². The maximum atomic E-state index is 14.4. The first-order valence-electron chi connectivity index (χ1n) is 25.6. The summed E-state index contributed by atoms with van der Waals surface area (Å²) in [4.78, 5) is 21.0. The van der Waals surface area contributed by atoms with Gasteiger partial charge in [-0.3, -0.25) is 19.2 Å². The third-order valence-corrected chi connectivity index (χ3v) is 20.2. The van der Waals surface area contributed by atoms with Crippen LogP contribution in [-0.2, 0) is 33.5 Å². The molecule has 416 valence electrons. The number of hydrogen-bond acceptors (Lipinski definition) is 14. The first-order valence-corrected chi connectivity index (χ1v) is 31.7. The van der Waals surface area contributed by atoms with Gasteiger partial charge in [0.05, 0.1) is 22.8 Å². The van der Waals surface area contributed by atoms with Crippen LogP contribution >= 0.6 is 31.0 Å². The van der Waals surface area contributed by atoms with Crippen molar-refractivity contribution in [3.05, 3.63) is 119 Å². The highest BCUT2D eigenvalue weighted by Crippen LogP contribution is 2.52. The lowest BCUT2D eigenvalue weighted by molar-refractivity contribution is -0.0436. The maximum Gasteiger partial charge on any atom is 0.501 e. The van der Waals surface area contributed by atoms with Crippen molar-refractivity contribution in [2.45, 2.75) is 99.1 Å². The summed E-state index contributed by atoms with van der Waals surface area (Å²) >= 11 is 7.63. The molecule has 3 aliphatic rings. The number of rotatable bonds is 21. The van der Waals surface area contributed by atoms with Gasteiger partial charge in [-0.15, -0.1) is 11.8 Å². The molecule has 1 unspecified atom stereocenters. The molecule has 0 saturated carbocycles. The van der Waals surface area contributed by atoms with E-state index in [1.54, 1.807) is 19.1 Å². The molecule has 4 aromatic rings. The number of halogens is 4. The number of allylic oxidation sites excluding steroid dienone is 1. The van der Waals surface area contributed by atoms with E-state index in [4.69, 9.17) is 20.6 Å². The van der Waals surface area contributed by atoms with Crippen LogP contribution in [-0.4, -0.2) is 139 Å². The highest BCUT2D eigenvalue weighted by molar-refractivity contribution is 7.99. The SMILES string of the molecule is CCOP(=O)(CN1CCN(CC[C@H](CSc2ccccc2)Nc2ccc(S(=O)(=O)NC(=O)c3ccc(N4CCN(CC5=C(c6ccc(Cl)cc6)CCC(C)(C)C5)CC4)cc3)cc2S(=O)(=O)C(F)(F)F)CC1)OC(C)(C)C. The molecule has 2 saturated heterocycles. The minimum atomic E-state index is -6.12. The van der Waals surface area contributed by atoms with Gasteiger partial charge in [-0.2, -0.15) is 13.2 Å². The summed E-state index contributed by atoms with van der Waals surface area (Å²) in [6.07, 6.45) is 3.61. The number of nitrogens with one attached hydrogen (secondary N) is 2. The number of amides is 1. The second-order valence-electron chi connectivity index (χ2n) is 21.4. The molecule has 0 spiro atoms. The van der Waals surface area contributed by atoms with Crippen molar-refractivity contribution in [3.8, 4) is 0 Å². The zero-order chi connectivity index (χ0) is 55.1. The van der Waals surface area contributed by atoms with Crippen molar-refractivity contribution in [1.29, 1.82) is 0 Å². The first-order chi connectivity index (χ1) is 35.7. The van der Waals surface area contributed by atoms with Crippen molar-refractivity contribution >= 4 is 73.7 Å². The fourth-order valence-electron chi connectivity index (χ4n) is 9.78. The molecule has 2 N–H and O–H groups in total. The number of hydrogen-bond donors (Lipinski definition) is 2. The minimum absolute atomic E-state index is 0.0193. The molecule has 0 bridgehead atoms. The van der Waals surface area contributed by atoms with Crippen LogP contribution in [0.4, 0.5) is 24.5 Å². The fourth-order valence-corrected chi connectivity index (χ4v) is 15.1. The maximum absolute atomic E-state index is 14.4. The van der Waals surface area contributed by atoms with E-state index in [9.17, 15) is 39.4 Å². The number of alkyl halides is 3. The molecule has 0 radical (unpaired) electrons. The molecule has 7 rings (SSSR count).